The van der Waals surface area contributed by atoms with Crippen molar-refractivity contribution >= 4 is 31.9 Å². The lowest BCUT2D eigenvalue weighted by atomic mass is 10.1. The van der Waals surface area contributed by atoms with Gasteiger partial charge in [-0.05, 0) is 49.6 Å². The standard InChI is InChI=1S/C15H25Br2N2O2/c1-18(2)7-5-9-21-15-13(16)10-12(11-14(15)17)6-8-19(3,4)20/h10-11,20H,5-9H2,1-4H3/q+1/p+1. The molecule has 0 bridgehead atoms. The molecular weight excluding hydrogens is 400 g/mol. The van der Waals surface area contributed by atoms with Crippen molar-refractivity contribution in [3.8, 4) is 5.75 Å². The van der Waals surface area contributed by atoms with Gasteiger partial charge in [-0.25, -0.2) is 5.21 Å². The summed E-state index contributed by atoms with van der Waals surface area (Å²) in [5, 5.41) is 9.75. The molecule has 0 fully saturated rings. The van der Waals surface area contributed by atoms with E-state index in [1.807, 2.05) is 0 Å². The zero-order chi connectivity index (χ0) is 16.0. The monoisotopic (exact) mass is 424 g/mol. The third kappa shape index (κ3) is 7.61. The van der Waals surface area contributed by atoms with Crippen LogP contribution in [0.1, 0.15) is 12.0 Å². The molecule has 0 aliphatic heterocycles. The molecule has 0 aliphatic rings. The van der Waals surface area contributed by atoms with Crippen LogP contribution in [0.3, 0.4) is 0 Å². The number of nitrogens with one attached hydrogen (secondary N) is 1. The summed E-state index contributed by atoms with van der Waals surface area (Å²) in [5.41, 5.74) is 1.17. The Morgan fingerprint density at radius 1 is 1.19 bits per heavy atom. The van der Waals surface area contributed by atoms with E-state index in [1.54, 1.807) is 14.1 Å². The topological polar surface area (TPSA) is 33.9 Å². The first-order chi connectivity index (χ1) is 9.69. The second-order valence-electron chi connectivity index (χ2n) is 6.14. The molecular formula is C15H26Br2N2O2+2. The molecule has 1 rings (SSSR count). The molecule has 120 valence electrons. The van der Waals surface area contributed by atoms with Crippen LogP contribution in [0.2, 0.25) is 0 Å². The van der Waals surface area contributed by atoms with Gasteiger partial charge in [0, 0.05) is 12.8 Å². The number of hydrogen-bond donors (Lipinski definition) is 2. The van der Waals surface area contributed by atoms with Crippen molar-refractivity contribution in [1.29, 1.82) is 0 Å². The zero-order valence-electron chi connectivity index (χ0n) is 13.2. The van der Waals surface area contributed by atoms with Crippen molar-refractivity contribution < 1.29 is 19.5 Å². The maximum absolute atomic E-state index is 9.75. The molecule has 0 spiro atoms. The van der Waals surface area contributed by atoms with Crippen molar-refractivity contribution in [1.82, 2.24) is 0 Å². The quantitative estimate of drug-likeness (QED) is 0.380. The minimum atomic E-state index is -0.0274. The van der Waals surface area contributed by atoms with Gasteiger partial charge in [-0.15, -0.1) is 0 Å². The lowest BCUT2D eigenvalue weighted by molar-refractivity contribution is -1.07. The molecule has 1 aromatic rings. The van der Waals surface area contributed by atoms with Gasteiger partial charge in [0.25, 0.3) is 0 Å². The van der Waals surface area contributed by atoms with Crippen LogP contribution in [0, 0.1) is 0 Å². The molecule has 0 saturated carbocycles. The Balaban J connectivity index is 2.63. The van der Waals surface area contributed by atoms with Crippen LogP contribution in [0.25, 0.3) is 0 Å². The number of hydroxylamine groups is 3. The Morgan fingerprint density at radius 3 is 2.24 bits per heavy atom. The van der Waals surface area contributed by atoms with Crippen LogP contribution in [0.15, 0.2) is 21.1 Å². The van der Waals surface area contributed by atoms with Crippen molar-refractivity contribution in [3.63, 3.8) is 0 Å². The van der Waals surface area contributed by atoms with Crippen molar-refractivity contribution in [2.75, 3.05) is 47.9 Å². The van der Waals surface area contributed by atoms with Gasteiger partial charge in [-0.1, -0.05) is 0 Å². The molecule has 0 unspecified atom stereocenters. The average Bonchev–Trinajstić information content (AvgIpc) is 2.33. The van der Waals surface area contributed by atoms with Crippen molar-refractivity contribution in [2.24, 2.45) is 0 Å². The van der Waals surface area contributed by atoms with E-state index >= 15 is 0 Å². The van der Waals surface area contributed by atoms with E-state index in [2.05, 4.69) is 58.1 Å². The largest absolute Gasteiger partial charge is 0.491 e. The molecule has 0 saturated heterocycles. The molecule has 0 aromatic heterocycles. The lowest BCUT2D eigenvalue weighted by Crippen LogP contribution is -3.05. The van der Waals surface area contributed by atoms with Crippen LogP contribution in [0.4, 0.5) is 0 Å². The summed E-state index contributed by atoms with van der Waals surface area (Å²) in [5.74, 6) is 0.852. The van der Waals surface area contributed by atoms with Gasteiger partial charge in [-0.3, -0.25) is 0 Å². The second-order valence-corrected chi connectivity index (χ2v) is 7.85. The van der Waals surface area contributed by atoms with E-state index in [0.717, 1.165) is 34.1 Å². The third-order valence-corrected chi connectivity index (χ3v) is 4.25. The molecule has 0 amide bonds. The molecule has 2 N–H and O–H groups in total. The number of hydrogen-bond acceptors (Lipinski definition) is 2. The predicted octanol–water partition coefficient (Wildman–Crippen LogP) is 2.13. The molecule has 21 heavy (non-hydrogen) atoms. The highest BCUT2D eigenvalue weighted by molar-refractivity contribution is 9.11. The molecule has 0 radical (unpaired) electrons. The SMILES string of the molecule is C[NH+](C)CCCOc1c(Br)cc(CC[N+](C)(C)O)cc1Br. The molecule has 4 nitrogen and oxygen atoms in total. The smallest absolute Gasteiger partial charge is 0.147 e. The van der Waals surface area contributed by atoms with E-state index in [4.69, 9.17) is 4.74 Å². The summed E-state index contributed by atoms with van der Waals surface area (Å²) >= 11 is 7.14. The minimum absolute atomic E-state index is 0.0274. The predicted molar refractivity (Wildman–Crippen MR) is 92.1 cm³/mol. The van der Waals surface area contributed by atoms with Crippen LogP contribution in [0.5, 0.6) is 5.75 Å². The van der Waals surface area contributed by atoms with Crippen molar-refractivity contribution in [3.05, 3.63) is 26.6 Å². The number of nitrogens with zero attached hydrogens (tertiary/aromatic N) is 1. The number of benzene rings is 1. The summed E-state index contributed by atoms with van der Waals surface area (Å²) in [6, 6.07) is 4.12. The first-order valence-corrected chi connectivity index (χ1v) is 8.73. The van der Waals surface area contributed by atoms with Gasteiger partial charge < -0.3 is 9.64 Å². The molecule has 0 heterocycles. The third-order valence-electron chi connectivity index (χ3n) is 3.07. The van der Waals surface area contributed by atoms with E-state index < -0.39 is 0 Å². The van der Waals surface area contributed by atoms with Gasteiger partial charge in [0.15, 0.2) is 0 Å². The van der Waals surface area contributed by atoms with Crippen LogP contribution < -0.4 is 9.64 Å². The zero-order valence-corrected chi connectivity index (χ0v) is 16.4. The summed E-state index contributed by atoms with van der Waals surface area (Å²) in [6.07, 6.45) is 1.84. The number of quaternary nitrogens is 2. The fourth-order valence-electron chi connectivity index (χ4n) is 1.90. The fourth-order valence-corrected chi connectivity index (χ4v) is 3.41. The highest BCUT2D eigenvalue weighted by Crippen LogP contribution is 2.35. The fraction of sp³-hybridized carbons (Fsp3) is 0.600. The van der Waals surface area contributed by atoms with E-state index in [1.165, 1.54) is 10.5 Å². The maximum atomic E-state index is 9.75. The Labute approximate surface area is 144 Å². The highest BCUT2D eigenvalue weighted by atomic mass is 79.9. The van der Waals surface area contributed by atoms with Gasteiger partial charge >= 0.3 is 0 Å². The average molecular weight is 426 g/mol. The highest BCUT2D eigenvalue weighted by Gasteiger charge is 2.14. The number of halogens is 2. The Morgan fingerprint density at radius 2 is 1.76 bits per heavy atom. The molecule has 1 aromatic carbocycles. The number of ether oxygens (including phenoxy) is 1. The Bertz CT molecular complexity index is 436. The number of rotatable bonds is 8. The summed E-state index contributed by atoms with van der Waals surface area (Å²) in [4.78, 5) is 1.43. The van der Waals surface area contributed by atoms with Crippen LogP contribution in [-0.2, 0) is 6.42 Å². The van der Waals surface area contributed by atoms with Crippen molar-refractivity contribution in [2.45, 2.75) is 12.8 Å². The number of likely N-dealkylation sites (N-methyl/N-ethyl adjacent to an activating group) is 1. The van der Waals surface area contributed by atoms with Crippen LogP contribution >= 0.6 is 31.9 Å². The molecule has 0 atom stereocenters. The summed E-state index contributed by atoms with van der Waals surface area (Å²) in [6.45, 7) is 2.48. The van der Waals surface area contributed by atoms with Crippen LogP contribution in [-0.4, -0.2) is 57.7 Å². The lowest BCUT2D eigenvalue weighted by Gasteiger charge is -2.19. The van der Waals surface area contributed by atoms with E-state index in [0.29, 0.717) is 13.2 Å². The summed E-state index contributed by atoms with van der Waals surface area (Å²) in [7, 11) is 7.83. The Kier molecular flexibility index (Phi) is 7.64. The van der Waals surface area contributed by atoms with Gasteiger partial charge in [0.1, 0.15) is 12.3 Å². The van der Waals surface area contributed by atoms with E-state index in [9.17, 15) is 5.21 Å². The molecule has 0 aliphatic carbocycles. The van der Waals surface area contributed by atoms with Gasteiger partial charge in [0.2, 0.25) is 0 Å². The summed E-state index contributed by atoms with van der Waals surface area (Å²) < 4.78 is 7.73. The second kappa shape index (κ2) is 8.48. The first-order valence-electron chi connectivity index (χ1n) is 7.14. The van der Waals surface area contributed by atoms with Gasteiger partial charge in [-0.2, -0.15) is 4.65 Å². The Hall–Kier alpha value is -0.140. The van der Waals surface area contributed by atoms with Gasteiger partial charge in [0.05, 0.1) is 50.3 Å². The first kappa shape index (κ1) is 18.9. The van der Waals surface area contributed by atoms with E-state index in [-0.39, 0.29) is 4.65 Å². The minimum Gasteiger partial charge on any atom is -0.491 e. The normalized spacial score (nSPS) is 12.0. The molecule has 6 heteroatoms. The maximum Gasteiger partial charge on any atom is 0.147 e.